The maximum Gasteiger partial charge on any atom is 0.266 e. The van der Waals surface area contributed by atoms with Gasteiger partial charge in [0.2, 0.25) is 5.91 Å². The summed E-state index contributed by atoms with van der Waals surface area (Å²) in [5.41, 5.74) is 2.61. The molecule has 2 aromatic heterocycles. The number of carbonyl (C=O) groups excluding carboxylic acids is 1. The molecule has 0 aliphatic heterocycles. The molecule has 0 aliphatic carbocycles. The Kier molecular flexibility index (Phi) is 4.80. The highest BCUT2D eigenvalue weighted by atomic mass is 16.1. The van der Waals surface area contributed by atoms with Gasteiger partial charge in [-0.3, -0.25) is 14.6 Å². The number of pyridine rings is 1. The highest BCUT2D eigenvalue weighted by Crippen LogP contribution is 2.25. The summed E-state index contributed by atoms with van der Waals surface area (Å²) in [7, 11) is 1.59. The Morgan fingerprint density at radius 2 is 1.96 bits per heavy atom. The minimum Gasteiger partial charge on any atom is -0.322 e. The van der Waals surface area contributed by atoms with Gasteiger partial charge in [-0.2, -0.15) is 5.10 Å². The van der Waals surface area contributed by atoms with Crippen LogP contribution < -0.4 is 10.9 Å². The molecule has 25 heavy (non-hydrogen) atoms. The Morgan fingerprint density at radius 3 is 2.72 bits per heavy atom. The Morgan fingerprint density at radius 1 is 1.12 bits per heavy atom. The molecule has 0 bridgehead atoms. The van der Waals surface area contributed by atoms with Gasteiger partial charge in [0.1, 0.15) is 0 Å². The fraction of sp³-hybridized carbons (Fsp3) is 0.0526. The van der Waals surface area contributed by atoms with Gasteiger partial charge in [-0.25, -0.2) is 4.68 Å². The first-order valence-electron chi connectivity index (χ1n) is 7.66. The van der Waals surface area contributed by atoms with E-state index in [0.717, 1.165) is 11.1 Å². The van der Waals surface area contributed by atoms with Crippen LogP contribution in [0.15, 0.2) is 71.8 Å². The van der Waals surface area contributed by atoms with Crippen molar-refractivity contribution in [2.75, 3.05) is 5.32 Å². The smallest absolute Gasteiger partial charge is 0.266 e. The second-order valence-corrected chi connectivity index (χ2v) is 5.33. The molecule has 0 aliphatic rings. The maximum absolute atomic E-state index is 12.2. The van der Waals surface area contributed by atoms with Crippen molar-refractivity contribution in [3.8, 4) is 11.3 Å². The summed E-state index contributed by atoms with van der Waals surface area (Å²) < 4.78 is 1.26. The molecule has 0 atom stereocenters. The van der Waals surface area contributed by atoms with E-state index in [1.807, 2.05) is 24.3 Å². The van der Waals surface area contributed by atoms with Crippen molar-refractivity contribution in [3.63, 3.8) is 0 Å². The van der Waals surface area contributed by atoms with E-state index < -0.39 is 0 Å². The van der Waals surface area contributed by atoms with E-state index in [1.165, 1.54) is 16.8 Å². The normalized spacial score (nSPS) is 10.8. The molecule has 1 aromatic carbocycles. The van der Waals surface area contributed by atoms with E-state index in [1.54, 1.807) is 43.7 Å². The highest BCUT2D eigenvalue weighted by molar-refractivity contribution is 6.04. The van der Waals surface area contributed by atoms with Gasteiger partial charge in [-0.05, 0) is 29.8 Å². The highest BCUT2D eigenvalue weighted by Gasteiger charge is 2.08. The molecule has 124 valence electrons. The Balaban J connectivity index is 1.83. The molecule has 3 rings (SSSR count). The zero-order chi connectivity index (χ0) is 17.6. The first kappa shape index (κ1) is 16.3. The number of nitrogens with zero attached hydrogens (tertiary/aromatic N) is 3. The Hall–Kier alpha value is -3.54. The summed E-state index contributed by atoms with van der Waals surface area (Å²) >= 11 is 0. The number of benzene rings is 1. The molecule has 3 aromatic rings. The molecule has 6 heteroatoms. The minimum absolute atomic E-state index is 0.190. The number of aryl methyl sites for hydroxylation is 1. The number of hydrogen-bond donors (Lipinski definition) is 1. The van der Waals surface area contributed by atoms with Crippen molar-refractivity contribution in [1.29, 1.82) is 0 Å². The monoisotopic (exact) mass is 332 g/mol. The fourth-order valence-corrected chi connectivity index (χ4v) is 2.28. The molecule has 0 unspecified atom stereocenters. The second kappa shape index (κ2) is 7.35. The lowest BCUT2D eigenvalue weighted by molar-refractivity contribution is -0.111. The first-order chi connectivity index (χ1) is 12.1. The maximum atomic E-state index is 12.2. The Labute approximate surface area is 144 Å². The second-order valence-electron chi connectivity index (χ2n) is 5.33. The van der Waals surface area contributed by atoms with E-state index in [2.05, 4.69) is 15.4 Å². The average Bonchev–Trinajstić information content (AvgIpc) is 2.64. The lowest BCUT2D eigenvalue weighted by Gasteiger charge is -2.10. The largest absolute Gasteiger partial charge is 0.322 e. The summed E-state index contributed by atoms with van der Waals surface area (Å²) in [6, 6.07) is 14.1. The molecule has 1 N–H and O–H groups in total. The average molecular weight is 332 g/mol. The first-order valence-corrected chi connectivity index (χ1v) is 7.66. The van der Waals surface area contributed by atoms with Crippen LogP contribution in [0.25, 0.3) is 17.3 Å². The third kappa shape index (κ3) is 4.06. The molecule has 0 saturated carbocycles. The van der Waals surface area contributed by atoms with Crippen LogP contribution >= 0.6 is 0 Å². The van der Waals surface area contributed by atoms with Gasteiger partial charge in [0.15, 0.2) is 0 Å². The van der Waals surface area contributed by atoms with Crippen molar-refractivity contribution >= 4 is 17.7 Å². The van der Waals surface area contributed by atoms with Crippen LogP contribution in [0.1, 0.15) is 5.56 Å². The van der Waals surface area contributed by atoms with Crippen molar-refractivity contribution in [1.82, 2.24) is 14.8 Å². The summed E-state index contributed by atoms with van der Waals surface area (Å²) in [4.78, 5) is 27.7. The topological polar surface area (TPSA) is 76.9 Å². The SMILES string of the molecule is Cn1nc(-c2ccccc2NC(=O)C=Cc2cccnc2)ccc1=O. The number of rotatable bonds is 4. The van der Waals surface area contributed by atoms with E-state index in [-0.39, 0.29) is 11.5 Å². The van der Waals surface area contributed by atoms with Crippen LogP contribution in [-0.4, -0.2) is 20.7 Å². The van der Waals surface area contributed by atoms with Crippen molar-refractivity contribution in [3.05, 3.63) is 82.9 Å². The number of hydrogen-bond acceptors (Lipinski definition) is 4. The quantitative estimate of drug-likeness (QED) is 0.745. The number of nitrogens with one attached hydrogen (secondary N) is 1. The molecule has 1 amide bonds. The molecule has 0 saturated heterocycles. The third-order valence-corrected chi connectivity index (χ3v) is 3.53. The fourth-order valence-electron chi connectivity index (χ4n) is 2.28. The summed E-state index contributed by atoms with van der Waals surface area (Å²) in [6.45, 7) is 0. The van der Waals surface area contributed by atoms with E-state index >= 15 is 0 Å². The number of carbonyl (C=O) groups is 1. The zero-order valence-corrected chi connectivity index (χ0v) is 13.6. The van der Waals surface area contributed by atoms with Crippen LogP contribution in [0.4, 0.5) is 5.69 Å². The number of anilines is 1. The molecule has 0 fully saturated rings. The van der Waals surface area contributed by atoms with Crippen LogP contribution in [-0.2, 0) is 11.8 Å². The predicted molar refractivity (Wildman–Crippen MR) is 96.8 cm³/mol. The third-order valence-electron chi connectivity index (χ3n) is 3.53. The summed E-state index contributed by atoms with van der Waals surface area (Å²) in [5.74, 6) is -0.263. The van der Waals surface area contributed by atoms with Gasteiger partial charge in [-0.15, -0.1) is 0 Å². The van der Waals surface area contributed by atoms with Crippen molar-refractivity contribution < 1.29 is 4.79 Å². The van der Waals surface area contributed by atoms with Gasteiger partial charge in [0.05, 0.1) is 11.4 Å². The summed E-state index contributed by atoms with van der Waals surface area (Å²) in [5, 5.41) is 7.07. The lowest BCUT2D eigenvalue weighted by atomic mass is 10.1. The van der Waals surface area contributed by atoms with Gasteiger partial charge in [0, 0.05) is 37.1 Å². The van der Waals surface area contributed by atoms with Gasteiger partial charge < -0.3 is 5.32 Å². The zero-order valence-electron chi connectivity index (χ0n) is 13.6. The molecule has 2 heterocycles. The number of para-hydroxylation sites is 1. The van der Waals surface area contributed by atoms with E-state index in [0.29, 0.717) is 11.4 Å². The van der Waals surface area contributed by atoms with Crippen molar-refractivity contribution in [2.45, 2.75) is 0 Å². The molecule has 6 nitrogen and oxygen atoms in total. The van der Waals surface area contributed by atoms with Crippen LogP contribution in [0, 0.1) is 0 Å². The number of aromatic nitrogens is 3. The van der Waals surface area contributed by atoms with Crippen LogP contribution in [0.2, 0.25) is 0 Å². The molecule has 0 radical (unpaired) electrons. The van der Waals surface area contributed by atoms with Crippen LogP contribution in [0.5, 0.6) is 0 Å². The van der Waals surface area contributed by atoms with Gasteiger partial charge in [-0.1, -0.05) is 24.3 Å². The standard InChI is InChI=1S/C19H16N4O2/c1-23-19(25)11-9-17(22-23)15-6-2-3-7-16(15)21-18(24)10-8-14-5-4-12-20-13-14/h2-13H,1H3,(H,21,24). The van der Waals surface area contributed by atoms with E-state index in [9.17, 15) is 9.59 Å². The van der Waals surface area contributed by atoms with Gasteiger partial charge in [0.25, 0.3) is 5.56 Å². The molecular formula is C19H16N4O2. The van der Waals surface area contributed by atoms with E-state index in [4.69, 9.17) is 0 Å². The van der Waals surface area contributed by atoms with Crippen LogP contribution in [0.3, 0.4) is 0 Å². The molecular weight excluding hydrogens is 316 g/mol. The van der Waals surface area contributed by atoms with Crippen molar-refractivity contribution in [2.24, 2.45) is 7.05 Å². The lowest BCUT2D eigenvalue weighted by Crippen LogP contribution is -2.18. The van der Waals surface area contributed by atoms with Gasteiger partial charge >= 0.3 is 0 Å². The number of amides is 1. The molecule has 0 spiro atoms. The predicted octanol–water partition coefficient (Wildman–Crippen LogP) is 2.49. The summed E-state index contributed by atoms with van der Waals surface area (Å²) in [6.07, 6.45) is 6.48. The Bertz CT molecular complexity index is 978. The minimum atomic E-state index is -0.263.